The van der Waals surface area contributed by atoms with E-state index in [4.69, 9.17) is 5.26 Å². The Labute approximate surface area is 146 Å². The van der Waals surface area contributed by atoms with Crippen LogP contribution < -0.4 is 10.5 Å². The molecule has 0 bridgehead atoms. The fraction of sp³-hybridized carbons (Fsp3) is 0.500. The minimum atomic E-state index is 0.0669. The van der Waals surface area contributed by atoms with Crippen molar-refractivity contribution >= 4 is 5.82 Å². The van der Waals surface area contributed by atoms with Crippen LogP contribution in [-0.4, -0.2) is 32.6 Å². The van der Waals surface area contributed by atoms with E-state index >= 15 is 0 Å². The number of nitriles is 1. The van der Waals surface area contributed by atoms with E-state index in [0.717, 1.165) is 56.8 Å². The normalized spacial score (nSPS) is 18.1. The summed E-state index contributed by atoms with van der Waals surface area (Å²) in [4.78, 5) is 27.3. The highest BCUT2D eigenvalue weighted by Crippen LogP contribution is 2.38. The van der Waals surface area contributed by atoms with Gasteiger partial charge in [0.25, 0.3) is 5.56 Å². The molecule has 0 unspecified atom stereocenters. The van der Waals surface area contributed by atoms with Crippen LogP contribution in [0, 0.1) is 17.2 Å². The van der Waals surface area contributed by atoms with Gasteiger partial charge in [0.05, 0.1) is 24.4 Å². The molecule has 0 N–H and O–H groups in total. The predicted octanol–water partition coefficient (Wildman–Crippen LogP) is 1.70. The number of rotatable bonds is 4. The Morgan fingerprint density at radius 1 is 1.12 bits per heavy atom. The Kier molecular flexibility index (Phi) is 4.18. The number of hydrogen-bond acceptors (Lipinski definition) is 6. The highest BCUT2D eigenvalue weighted by atomic mass is 16.1. The fourth-order valence-corrected chi connectivity index (χ4v) is 3.34. The quantitative estimate of drug-likeness (QED) is 0.844. The van der Waals surface area contributed by atoms with E-state index in [1.165, 1.54) is 6.20 Å². The fourth-order valence-electron chi connectivity index (χ4n) is 3.34. The van der Waals surface area contributed by atoms with Crippen molar-refractivity contribution in [3.8, 4) is 6.07 Å². The van der Waals surface area contributed by atoms with Crippen LogP contribution in [0.15, 0.2) is 29.6 Å². The van der Waals surface area contributed by atoms with Gasteiger partial charge in [-0.1, -0.05) is 0 Å². The van der Waals surface area contributed by atoms with E-state index in [-0.39, 0.29) is 5.56 Å². The number of aromatic nitrogens is 4. The molecule has 2 aromatic rings. The largest absolute Gasteiger partial charge is 0.355 e. The SMILES string of the molecule is N#Cc1cnc(N2CCC(Cn3cnc(C4CC4)cc3=O)CC2)cn1. The predicted molar refractivity (Wildman–Crippen MR) is 92.2 cm³/mol. The molecule has 1 saturated carbocycles. The molecule has 0 spiro atoms. The molecule has 0 radical (unpaired) electrons. The van der Waals surface area contributed by atoms with Crippen LogP contribution in [-0.2, 0) is 6.54 Å². The van der Waals surface area contributed by atoms with Crippen LogP contribution in [0.3, 0.4) is 0 Å². The second kappa shape index (κ2) is 6.63. The second-order valence-corrected chi connectivity index (χ2v) is 6.88. The van der Waals surface area contributed by atoms with Gasteiger partial charge in [0.15, 0.2) is 5.69 Å². The zero-order chi connectivity index (χ0) is 17.2. The molecule has 0 amide bonds. The molecule has 4 rings (SSSR count). The molecule has 7 nitrogen and oxygen atoms in total. The summed E-state index contributed by atoms with van der Waals surface area (Å²) < 4.78 is 1.74. The molecule has 128 valence electrons. The third-order valence-electron chi connectivity index (χ3n) is 5.04. The molecule has 1 aliphatic heterocycles. The highest BCUT2D eigenvalue weighted by molar-refractivity contribution is 5.37. The first kappa shape index (κ1) is 15.8. The van der Waals surface area contributed by atoms with Crippen LogP contribution in [0.1, 0.15) is 43.0 Å². The van der Waals surface area contributed by atoms with Crippen LogP contribution in [0.5, 0.6) is 0 Å². The first-order valence-electron chi connectivity index (χ1n) is 8.76. The Morgan fingerprint density at radius 3 is 2.52 bits per heavy atom. The summed E-state index contributed by atoms with van der Waals surface area (Å²) in [5, 5.41) is 8.79. The average Bonchev–Trinajstić information content (AvgIpc) is 3.49. The monoisotopic (exact) mass is 336 g/mol. The van der Waals surface area contributed by atoms with E-state index < -0.39 is 0 Å². The zero-order valence-corrected chi connectivity index (χ0v) is 14.0. The van der Waals surface area contributed by atoms with E-state index in [9.17, 15) is 4.79 Å². The van der Waals surface area contributed by atoms with Crippen molar-refractivity contribution in [3.63, 3.8) is 0 Å². The lowest BCUT2D eigenvalue weighted by Gasteiger charge is -2.32. The number of piperidine rings is 1. The van der Waals surface area contributed by atoms with Gasteiger partial charge in [-0.2, -0.15) is 5.26 Å². The van der Waals surface area contributed by atoms with Gasteiger partial charge in [0, 0.05) is 31.6 Å². The molecule has 0 atom stereocenters. The van der Waals surface area contributed by atoms with Crippen molar-refractivity contribution < 1.29 is 0 Å². The van der Waals surface area contributed by atoms with Crippen LogP contribution in [0.4, 0.5) is 5.82 Å². The molecule has 7 heteroatoms. The molecule has 0 aromatic carbocycles. The van der Waals surface area contributed by atoms with E-state index in [0.29, 0.717) is 17.5 Å². The van der Waals surface area contributed by atoms with Gasteiger partial charge < -0.3 is 4.90 Å². The van der Waals surface area contributed by atoms with Crippen molar-refractivity contribution in [2.24, 2.45) is 5.92 Å². The first-order chi connectivity index (χ1) is 12.2. The summed E-state index contributed by atoms with van der Waals surface area (Å²) >= 11 is 0. The Morgan fingerprint density at radius 2 is 1.92 bits per heavy atom. The lowest BCUT2D eigenvalue weighted by Crippen LogP contribution is -2.36. The number of nitrogens with zero attached hydrogens (tertiary/aromatic N) is 6. The van der Waals surface area contributed by atoms with E-state index in [1.54, 1.807) is 23.2 Å². The molecule has 2 fully saturated rings. The van der Waals surface area contributed by atoms with Gasteiger partial charge in [-0.15, -0.1) is 0 Å². The van der Waals surface area contributed by atoms with Crippen LogP contribution in [0.25, 0.3) is 0 Å². The summed E-state index contributed by atoms with van der Waals surface area (Å²) in [5.41, 5.74) is 1.35. The maximum atomic E-state index is 12.3. The zero-order valence-electron chi connectivity index (χ0n) is 14.0. The molecule has 25 heavy (non-hydrogen) atoms. The van der Waals surface area contributed by atoms with Gasteiger partial charge >= 0.3 is 0 Å². The Bertz CT molecular complexity index is 841. The minimum absolute atomic E-state index is 0.0669. The summed E-state index contributed by atoms with van der Waals surface area (Å²) in [6.45, 7) is 2.49. The summed E-state index contributed by atoms with van der Waals surface area (Å²) in [5.74, 6) is 1.79. The van der Waals surface area contributed by atoms with Crippen LogP contribution >= 0.6 is 0 Å². The third kappa shape index (κ3) is 3.53. The van der Waals surface area contributed by atoms with Crippen LogP contribution in [0.2, 0.25) is 0 Å². The van der Waals surface area contributed by atoms with Gasteiger partial charge in [-0.3, -0.25) is 9.36 Å². The van der Waals surface area contributed by atoms with E-state index in [2.05, 4.69) is 19.9 Å². The summed E-state index contributed by atoms with van der Waals surface area (Å²) in [6.07, 6.45) is 9.20. The van der Waals surface area contributed by atoms with Crippen molar-refractivity contribution in [1.82, 2.24) is 19.5 Å². The van der Waals surface area contributed by atoms with Gasteiger partial charge in [0.2, 0.25) is 0 Å². The Balaban J connectivity index is 1.35. The second-order valence-electron chi connectivity index (χ2n) is 6.88. The molecule has 1 aliphatic carbocycles. The lowest BCUT2D eigenvalue weighted by atomic mass is 9.96. The first-order valence-corrected chi connectivity index (χ1v) is 8.76. The van der Waals surface area contributed by atoms with Gasteiger partial charge in [-0.25, -0.2) is 15.0 Å². The van der Waals surface area contributed by atoms with Crippen molar-refractivity contribution in [2.75, 3.05) is 18.0 Å². The van der Waals surface area contributed by atoms with Crippen molar-refractivity contribution in [3.05, 3.63) is 46.5 Å². The van der Waals surface area contributed by atoms with Crippen molar-refractivity contribution in [2.45, 2.75) is 38.1 Å². The molecule has 2 aliphatic rings. The molecule has 1 saturated heterocycles. The molecular weight excluding hydrogens is 316 g/mol. The van der Waals surface area contributed by atoms with Gasteiger partial charge in [0.1, 0.15) is 11.9 Å². The Hall–Kier alpha value is -2.75. The number of anilines is 1. The lowest BCUT2D eigenvalue weighted by molar-refractivity contribution is 0.349. The third-order valence-corrected chi connectivity index (χ3v) is 5.04. The standard InChI is InChI=1S/C18H20N6O/c19-8-15-9-21-17(10-20-15)23-5-3-13(4-6-23)11-24-12-22-16(7-18(24)25)14-1-2-14/h7,9-10,12-14H,1-6,11H2. The summed E-state index contributed by atoms with van der Waals surface area (Å²) in [6, 6.07) is 3.69. The molecule has 2 aromatic heterocycles. The smallest absolute Gasteiger partial charge is 0.253 e. The van der Waals surface area contributed by atoms with E-state index in [1.807, 2.05) is 6.07 Å². The molecule has 3 heterocycles. The highest BCUT2D eigenvalue weighted by Gasteiger charge is 2.26. The molecular formula is C18H20N6O. The minimum Gasteiger partial charge on any atom is -0.355 e. The van der Waals surface area contributed by atoms with Gasteiger partial charge in [-0.05, 0) is 31.6 Å². The average molecular weight is 336 g/mol. The maximum Gasteiger partial charge on any atom is 0.253 e. The summed E-state index contributed by atoms with van der Waals surface area (Å²) in [7, 11) is 0. The number of hydrogen-bond donors (Lipinski definition) is 0. The topological polar surface area (TPSA) is 87.7 Å². The maximum absolute atomic E-state index is 12.3. The van der Waals surface area contributed by atoms with Crippen molar-refractivity contribution in [1.29, 1.82) is 5.26 Å².